The van der Waals surface area contributed by atoms with E-state index in [0.717, 1.165) is 22.4 Å². The van der Waals surface area contributed by atoms with Crippen molar-refractivity contribution in [2.24, 2.45) is 0 Å². The van der Waals surface area contributed by atoms with Crippen LogP contribution >= 0.6 is 0 Å². The summed E-state index contributed by atoms with van der Waals surface area (Å²) < 4.78 is 14.4. The fraction of sp³-hybridized carbons (Fsp3) is 0.0164. The van der Waals surface area contributed by atoms with Crippen molar-refractivity contribution in [2.75, 3.05) is 0 Å². The molecule has 1 heterocycles. The summed E-state index contributed by atoms with van der Waals surface area (Å²) in [7, 11) is -3.03. The van der Waals surface area contributed by atoms with E-state index < -0.39 is 8.32 Å². The van der Waals surface area contributed by atoms with Crippen LogP contribution in [-0.2, 0) is 0 Å². The van der Waals surface area contributed by atoms with Crippen molar-refractivity contribution < 1.29 is 9.08 Å². The molecule has 65 heavy (non-hydrogen) atoms. The molecule has 2 nitrogen and oxygen atoms in total. The van der Waals surface area contributed by atoms with Gasteiger partial charge >= 0.3 is 15.2 Å². The van der Waals surface area contributed by atoms with Gasteiger partial charge in [-0.05, 0) is 138 Å². The molecule has 0 saturated heterocycles. The standard InChI is InChI=1S/C61H41BO2Si/c1-65(61-34-18-15-31-58(61)62(40-19-3-2-4-20-40)63-59-32-16-17-33-60(59)64-65)41-35-36-52-46-25-9-12-28-49(46)56-38-54-47-26-10-7-23-44(47)42-21-5-6-22-43(42)45-24-8-11-27-48(45)55(54)39-57(56)51-30-14-13-29-50(51)53(52)37-41/h2-39H,1H3. The van der Waals surface area contributed by atoms with Crippen LogP contribution in [0.3, 0.4) is 0 Å². The zero-order chi connectivity index (χ0) is 43.1. The van der Waals surface area contributed by atoms with Crippen molar-refractivity contribution >= 4 is 123 Å². The number of fused-ring (bicyclic) bond motifs is 18. The van der Waals surface area contributed by atoms with Gasteiger partial charge in [0.2, 0.25) is 0 Å². The van der Waals surface area contributed by atoms with Crippen LogP contribution < -0.4 is 30.4 Å². The third-order valence-corrected chi connectivity index (χ3v) is 17.5. The molecular weight excluding hydrogens is 804 g/mol. The Kier molecular flexibility index (Phi) is 8.59. The minimum Gasteiger partial charge on any atom is -0.549 e. The molecule has 0 radical (unpaired) electrons. The SMILES string of the molecule is C[Si]1(c2ccc3c4ccccc4c4cc5c6ccccc6c6ccccc6c6ccccc6c5cc4c4ccccc4c3c2)Oc2ccccc2OB(c2ccccc2)c2ccccc21. The molecule has 13 rings (SSSR count). The molecule has 12 aromatic carbocycles. The quantitative estimate of drug-likeness (QED) is 0.161. The van der Waals surface area contributed by atoms with Gasteiger partial charge in [0.25, 0.3) is 0 Å². The summed E-state index contributed by atoms with van der Waals surface area (Å²) in [6.45, 7) is 2.06. The Balaban J connectivity index is 1.17. The molecule has 1 unspecified atom stereocenters. The Morgan fingerprint density at radius 3 is 1.14 bits per heavy atom. The lowest BCUT2D eigenvalue weighted by atomic mass is 9.55. The number of hydrogen-bond donors (Lipinski definition) is 0. The maximum atomic E-state index is 7.47. The van der Waals surface area contributed by atoms with E-state index >= 15 is 0 Å². The smallest absolute Gasteiger partial charge is 0.426 e. The summed E-state index contributed by atoms with van der Waals surface area (Å²) in [5.74, 6) is 1.52. The molecule has 12 aromatic rings. The molecule has 0 fully saturated rings. The molecule has 4 heteroatoms. The predicted octanol–water partition coefficient (Wildman–Crippen LogP) is 13.3. The average Bonchev–Trinajstić information content (AvgIpc) is 3.37. The second kappa shape index (κ2) is 14.8. The molecule has 0 aliphatic carbocycles. The first-order valence-electron chi connectivity index (χ1n) is 22.5. The Morgan fingerprint density at radius 2 is 0.662 bits per heavy atom. The van der Waals surface area contributed by atoms with Gasteiger partial charge in [0.1, 0.15) is 11.5 Å². The lowest BCUT2D eigenvalue weighted by Gasteiger charge is -2.35. The first-order chi connectivity index (χ1) is 32.1. The van der Waals surface area contributed by atoms with E-state index in [0.29, 0.717) is 0 Å². The van der Waals surface area contributed by atoms with Crippen LogP contribution in [0.25, 0.3) is 86.2 Å². The Bertz CT molecular complexity index is 4000. The van der Waals surface area contributed by atoms with Crippen LogP contribution in [0, 0.1) is 0 Å². The van der Waals surface area contributed by atoms with E-state index in [9.17, 15) is 0 Å². The van der Waals surface area contributed by atoms with Gasteiger partial charge in [-0.2, -0.15) is 0 Å². The van der Waals surface area contributed by atoms with Gasteiger partial charge in [0, 0.05) is 0 Å². The summed E-state index contributed by atoms with van der Waals surface area (Å²) in [6, 6.07) is 84.5. The van der Waals surface area contributed by atoms with E-state index in [4.69, 9.17) is 9.08 Å². The zero-order valence-electron chi connectivity index (χ0n) is 35.8. The highest BCUT2D eigenvalue weighted by Gasteiger charge is 2.44. The van der Waals surface area contributed by atoms with Crippen molar-refractivity contribution in [2.45, 2.75) is 6.55 Å². The van der Waals surface area contributed by atoms with Gasteiger partial charge in [-0.15, -0.1) is 0 Å². The topological polar surface area (TPSA) is 18.5 Å². The average molecular weight is 845 g/mol. The third-order valence-electron chi connectivity index (χ3n) is 14.0. The normalized spacial score (nSPS) is 14.8. The van der Waals surface area contributed by atoms with Crippen molar-refractivity contribution in [3.05, 3.63) is 231 Å². The van der Waals surface area contributed by atoms with E-state index in [1.54, 1.807) is 0 Å². The summed E-state index contributed by atoms with van der Waals surface area (Å²) >= 11 is 0. The second-order valence-corrected chi connectivity index (χ2v) is 20.9. The second-order valence-electron chi connectivity index (χ2n) is 17.5. The maximum Gasteiger partial charge on any atom is 0.426 e. The Hall–Kier alpha value is -7.92. The van der Waals surface area contributed by atoms with Crippen LogP contribution in [0.1, 0.15) is 0 Å². The minimum absolute atomic E-state index is 0.303. The third kappa shape index (κ3) is 5.88. The van der Waals surface area contributed by atoms with Crippen LogP contribution in [0.2, 0.25) is 6.55 Å². The number of para-hydroxylation sites is 2. The summed E-state index contributed by atoms with van der Waals surface area (Å²) in [4.78, 5) is 0. The summed E-state index contributed by atoms with van der Waals surface area (Å²) in [6.07, 6.45) is 0. The van der Waals surface area contributed by atoms with Crippen LogP contribution in [0.5, 0.6) is 11.5 Å². The molecular formula is C61H41BO2Si. The van der Waals surface area contributed by atoms with Gasteiger partial charge < -0.3 is 9.08 Å². The van der Waals surface area contributed by atoms with Gasteiger partial charge in [-0.25, -0.2) is 0 Å². The first-order valence-corrected chi connectivity index (χ1v) is 24.9. The summed E-state index contributed by atoms with van der Waals surface area (Å²) in [5, 5.41) is 22.0. The van der Waals surface area contributed by atoms with Gasteiger partial charge in [-0.1, -0.05) is 206 Å². The van der Waals surface area contributed by atoms with Gasteiger partial charge in [0.05, 0.1) is 0 Å². The van der Waals surface area contributed by atoms with Crippen molar-refractivity contribution in [3.8, 4) is 11.5 Å². The number of hydrogen-bond acceptors (Lipinski definition) is 2. The van der Waals surface area contributed by atoms with E-state index in [1.165, 1.54) is 96.6 Å². The molecule has 0 aromatic heterocycles. The number of rotatable bonds is 2. The molecule has 1 atom stereocenters. The van der Waals surface area contributed by atoms with Crippen LogP contribution in [0.15, 0.2) is 231 Å². The van der Waals surface area contributed by atoms with Gasteiger partial charge in [-0.3, -0.25) is 0 Å². The molecule has 0 N–H and O–H groups in total. The van der Waals surface area contributed by atoms with E-state index in [2.05, 4.69) is 219 Å². The highest BCUT2D eigenvalue weighted by molar-refractivity contribution is 7.01. The molecule has 0 bridgehead atoms. The number of benzene rings is 10. The monoisotopic (exact) mass is 844 g/mol. The molecule has 0 spiro atoms. The Morgan fingerprint density at radius 1 is 0.308 bits per heavy atom. The van der Waals surface area contributed by atoms with Crippen molar-refractivity contribution in [3.63, 3.8) is 0 Å². The first kappa shape index (κ1) is 37.6. The fourth-order valence-corrected chi connectivity index (χ4v) is 14.0. The van der Waals surface area contributed by atoms with E-state index in [1.807, 2.05) is 18.2 Å². The lowest BCUT2D eigenvalue weighted by molar-refractivity contribution is 0.506. The Labute approximate surface area is 378 Å². The molecule has 1 aliphatic rings. The highest BCUT2D eigenvalue weighted by atomic mass is 28.4. The maximum absolute atomic E-state index is 7.47. The molecule has 304 valence electrons. The molecule has 0 amide bonds. The minimum atomic E-state index is -3.03. The van der Waals surface area contributed by atoms with Crippen LogP contribution in [-0.4, -0.2) is 15.2 Å². The van der Waals surface area contributed by atoms with Crippen molar-refractivity contribution in [1.29, 1.82) is 0 Å². The molecule has 0 saturated carbocycles. The lowest BCUT2D eigenvalue weighted by Crippen LogP contribution is -2.69. The largest absolute Gasteiger partial charge is 0.549 e. The van der Waals surface area contributed by atoms with E-state index in [-0.39, 0.29) is 6.92 Å². The fourth-order valence-electron chi connectivity index (χ4n) is 10.9. The predicted molar refractivity (Wildman–Crippen MR) is 281 cm³/mol. The zero-order valence-corrected chi connectivity index (χ0v) is 36.8. The van der Waals surface area contributed by atoms with Crippen molar-refractivity contribution in [1.82, 2.24) is 0 Å². The molecule has 1 aliphatic heterocycles. The highest BCUT2D eigenvalue weighted by Crippen LogP contribution is 2.42. The van der Waals surface area contributed by atoms with Crippen LogP contribution in [0.4, 0.5) is 0 Å². The summed E-state index contributed by atoms with van der Waals surface area (Å²) in [5.41, 5.74) is 2.24. The van der Waals surface area contributed by atoms with Gasteiger partial charge in [0.15, 0.2) is 0 Å².